The summed E-state index contributed by atoms with van der Waals surface area (Å²) in [7, 11) is -2.97. The van der Waals surface area contributed by atoms with E-state index in [9.17, 15) is 13.2 Å². The molecule has 0 spiro atoms. The maximum absolute atomic E-state index is 11.7. The summed E-state index contributed by atoms with van der Waals surface area (Å²) in [5.41, 5.74) is 0.976. The monoisotopic (exact) mass is 317 g/mol. The van der Waals surface area contributed by atoms with Crippen LogP contribution in [0.2, 0.25) is 0 Å². The number of hydrogen-bond donors (Lipinski definition) is 1. The number of carbonyl (C=O) groups is 1. The molecule has 0 saturated heterocycles. The Balaban J connectivity index is 1.94. The van der Waals surface area contributed by atoms with Crippen LogP contribution in [0.15, 0.2) is 48.5 Å². The molecule has 0 radical (unpaired) electrons. The van der Waals surface area contributed by atoms with Crippen LogP contribution in [0.25, 0.3) is 16.8 Å². The van der Waals surface area contributed by atoms with E-state index in [1.807, 2.05) is 42.5 Å². The van der Waals surface area contributed by atoms with E-state index in [0.29, 0.717) is 13.0 Å². The molecule has 0 saturated carbocycles. The van der Waals surface area contributed by atoms with Crippen LogP contribution in [-0.4, -0.2) is 32.9 Å². The number of sulfone groups is 1. The lowest BCUT2D eigenvalue weighted by molar-refractivity contribution is -0.116. The van der Waals surface area contributed by atoms with Gasteiger partial charge in [0.1, 0.15) is 9.84 Å². The van der Waals surface area contributed by atoms with Gasteiger partial charge in [-0.1, -0.05) is 42.5 Å². The second kappa shape index (κ2) is 7.22. The van der Waals surface area contributed by atoms with Gasteiger partial charge in [-0.05, 0) is 28.8 Å². The molecule has 22 heavy (non-hydrogen) atoms. The second-order valence-electron chi connectivity index (χ2n) is 5.18. The molecule has 2 aromatic carbocycles. The van der Waals surface area contributed by atoms with Crippen molar-refractivity contribution in [2.45, 2.75) is 6.42 Å². The van der Waals surface area contributed by atoms with Crippen molar-refractivity contribution in [2.75, 3.05) is 18.6 Å². The lowest BCUT2D eigenvalue weighted by Crippen LogP contribution is -2.23. The third-order valence-electron chi connectivity index (χ3n) is 3.23. The Morgan fingerprint density at radius 3 is 2.64 bits per heavy atom. The summed E-state index contributed by atoms with van der Waals surface area (Å²) in [6.07, 6.45) is 4.86. The van der Waals surface area contributed by atoms with Crippen LogP contribution in [0, 0.1) is 0 Å². The van der Waals surface area contributed by atoms with Gasteiger partial charge in [-0.25, -0.2) is 8.42 Å². The first-order chi connectivity index (χ1) is 10.5. The van der Waals surface area contributed by atoms with Gasteiger partial charge in [0.15, 0.2) is 0 Å². The van der Waals surface area contributed by atoms with Crippen LogP contribution in [-0.2, 0) is 14.6 Å². The number of benzene rings is 2. The second-order valence-corrected chi connectivity index (χ2v) is 7.44. The molecule has 0 aromatic heterocycles. The van der Waals surface area contributed by atoms with Crippen molar-refractivity contribution in [3.05, 3.63) is 54.1 Å². The van der Waals surface area contributed by atoms with Gasteiger partial charge in [-0.15, -0.1) is 0 Å². The molecule has 0 atom stereocenters. The van der Waals surface area contributed by atoms with E-state index in [4.69, 9.17) is 0 Å². The fourth-order valence-electron chi connectivity index (χ4n) is 2.17. The number of amides is 1. The van der Waals surface area contributed by atoms with Gasteiger partial charge in [-0.3, -0.25) is 4.79 Å². The molecule has 116 valence electrons. The van der Waals surface area contributed by atoms with Crippen LogP contribution >= 0.6 is 0 Å². The highest BCUT2D eigenvalue weighted by molar-refractivity contribution is 7.90. The van der Waals surface area contributed by atoms with Gasteiger partial charge in [0, 0.05) is 18.9 Å². The van der Waals surface area contributed by atoms with Gasteiger partial charge >= 0.3 is 0 Å². The van der Waals surface area contributed by atoms with E-state index in [1.165, 1.54) is 12.3 Å². The summed E-state index contributed by atoms with van der Waals surface area (Å²) in [4.78, 5) is 11.7. The molecule has 0 unspecified atom stereocenters. The quantitative estimate of drug-likeness (QED) is 0.657. The van der Waals surface area contributed by atoms with Crippen molar-refractivity contribution in [3.63, 3.8) is 0 Å². The standard InChI is InChI=1S/C17H19NO3S/c1-22(20,21)13-5-12-18-17(19)11-10-15-8-4-7-14-6-2-3-9-16(14)15/h2-4,6-11H,5,12-13H2,1H3,(H,18,19)/b11-10-. The van der Waals surface area contributed by atoms with Crippen LogP contribution in [0.4, 0.5) is 0 Å². The van der Waals surface area contributed by atoms with E-state index in [1.54, 1.807) is 6.08 Å². The molecular weight excluding hydrogens is 298 g/mol. The van der Waals surface area contributed by atoms with Gasteiger partial charge in [0.05, 0.1) is 5.75 Å². The largest absolute Gasteiger partial charge is 0.353 e. The summed E-state index contributed by atoms with van der Waals surface area (Å²) in [6, 6.07) is 13.9. The Morgan fingerprint density at radius 2 is 1.86 bits per heavy atom. The molecule has 2 rings (SSSR count). The summed E-state index contributed by atoms with van der Waals surface area (Å²) in [5.74, 6) is -0.137. The Hall–Kier alpha value is -2.14. The molecule has 0 bridgehead atoms. The number of nitrogens with one attached hydrogen (secondary N) is 1. The molecular formula is C17H19NO3S. The minimum absolute atomic E-state index is 0.0836. The smallest absolute Gasteiger partial charge is 0.243 e. The van der Waals surface area contributed by atoms with Crippen molar-refractivity contribution in [3.8, 4) is 0 Å². The van der Waals surface area contributed by atoms with Crippen molar-refractivity contribution >= 4 is 32.6 Å². The average molecular weight is 317 g/mol. The molecule has 0 aliphatic carbocycles. The van der Waals surface area contributed by atoms with Crippen LogP contribution in [0.3, 0.4) is 0 Å². The number of carbonyl (C=O) groups excluding carboxylic acids is 1. The lowest BCUT2D eigenvalue weighted by atomic mass is 10.0. The maximum Gasteiger partial charge on any atom is 0.243 e. The van der Waals surface area contributed by atoms with E-state index in [-0.39, 0.29) is 11.7 Å². The van der Waals surface area contributed by atoms with E-state index in [0.717, 1.165) is 16.3 Å². The van der Waals surface area contributed by atoms with E-state index in [2.05, 4.69) is 5.32 Å². The van der Waals surface area contributed by atoms with Gasteiger partial charge < -0.3 is 5.32 Å². The molecule has 2 aromatic rings. The molecule has 1 N–H and O–H groups in total. The zero-order valence-electron chi connectivity index (χ0n) is 12.5. The Morgan fingerprint density at radius 1 is 1.14 bits per heavy atom. The highest BCUT2D eigenvalue weighted by Crippen LogP contribution is 2.19. The normalized spacial score (nSPS) is 11.9. The Bertz CT molecular complexity index is 789. The topological polar surface area (TPSA) is 63.2 Å². The number of hydrogen-bond acceptors (Lipinski definition) is 3. The zero-order valence-corrected chi connectivity index (χ0v) is 13.3. The van der Waals surface area contributed by atoms with Crippen LogP contribution in [0.5, 0.6) is 0 Å². The van der Waals surface area contributed by atoms with Crippen molar-refractivity contribution in [2.24, 2.45) is 0 Å². The van der Waals surface area contributed by atoms with Crippen LogP contribution < -0.4 is 5.32 Å². The third-order valence-corrected chi connectivity index (χ3v) is 4.26. The molecule has 1 amide bonds. The Kier molecular flexibility index (Phi) is 5.33. The lowest BCUT2D eigenvalue weighted by Gasteiger charge is -2.03. The maximum atomic E-state index is 11.7. The van der Waals surface area contributed by atoms with Crippen molar-refractivity contribution in [1.29, 1.82) is 0 Å². The first kappa shape index (κ1) is 16.2. The first-order valence-corrected chi connectivity index (χ1v) is 9.13. The van der Waals surface area contributed by atoms with Crippen molar-refractivity contribution < 1.29 is 13.2 Å². The molecule has 5 heteroatoms. The summed E-state index contributed by atoms with van der Waals surface area (Å²) in [5, 5.41) is 4.90. The predicted octanol–water partition coefficient (Wildman–Crippen LogP) is 2.40. The summed E-state index contributed by atoms with van der Waals surface area (Å²) in [6.45, 7) is 0.353. The number of rotatable bonds is 6. The fraction of sp³-hybridized carbons (Fsp3) is 0.235. The molecule has 4 nitrogen and oxygen atoms in total. The minimum atomic E-state index is -2.97. The molecule has 0 heterocycles. The highest BCUT2D eigenvalue weighted by Gasteiger charge is 2.02. The van der Waals surface area contributed by atoms with E-state index >= 15 is 0 Å². The van der Waals surface area contributed by atoms with Gasteiger partial charge in [0.2, 0.25) is 5.91 Å². The summed E-state index contributed by atoms with van der Waals surface area (Å²) < 4.78 is 22.0. The molecule has 0 aliphatic rings. The molecule has 0 aliphatic heterocycles. The van der Waals surface area contributed by atoms with Gasteiger partial charge in [0.25, 0.3) is 0 Å². The zero-order chi connectivity index (χ0) is 16.0. The number of fused-ring (bicyclic) bond motifs is 1. The first-order valence-electron chi connectivity index (χ1n) is 7.07. The van der Waals surface area contributed by atoms with Crippen molar-refractivity contribution in [1.82, 2.24) is 5.32 Å². The Labute approximate surface area is 130 Å². The SMILES string of the molecule is CS(=O)(=O)CCCNC(=O)/C=C\c1cccc2ccccc12. The summed E-state index contributed by atoms with van der Waals surface area (Å²) >= 11 is 0. The van der Waals surface area contributed by atoms with Crippen LogP contribution in [0.1, 0.15) is 12.0 Å². The third kappa shape index (κ3) is 5.00. The average Bonchev–Trinajstić information content (AvgIpc) is 2.48. The fourth-order valence-corrected chi connectivity index (χ4v) is 2.83. The minimum Gasteiger partial charge on any atom is -0.353 e. The van der Waals surface area contributed by atoms with Gasteiger partial charge in [-0.2, -0.15) is 0 Å². The molecule has 0 fully saturated rings. The van der Waals surface area contributed by atoms with E-state index < -0.39 is 9.84 Å². The highest BCUT2D eigenvalue weighted by atomic mass is 32.2. The predicted molar refractivity (Wildman–Crippen MR) is 90.3 cm³/mol.